The summed E-state index contributed by atoms with van der Waals surface area (Å²) in [6.07, 6.45) is 1.34. The van der Waals surface area contributed by atoms with Crippen molar-refractivity contribution >= 4 is 51.3 Å². The van der Waals surface area contributed by atoms with Crippen LogP contribution in [0.15, 0.2) is 57.3 Å². The van der Waals surface area contributed by atoms with Crippen LogP contribution in [0.25, 0.3) is 5.76 Å². The third-order valence-corrected chi connectivity index (χ3v) is 7.79. The maximum atomic E-state index is 13.9. The van der Waals surface area contributed by atoms with E-state index in [1.807, 2.05) is 19.1 Å². The fourth-order valence-corrected chi connectivity index (χ4v) is 5.56. The minimum atomic E-state index is -3.64. The molecule has 0 aromatic heterocycles. The number of nitrogens with zero attached hydrogens (tertiary/aromatic N) is 1. The number of Topliss-reactive ketones (excluding diaryl/α,β-unsaturated/α-hetero) is 1. The zero-order chi connectivity index (χ0) is 24.2. The summed E-state index contributed by atoms with van der Waals surface area (Å²) >= 11 is 5.65. The minimum Gasteiger partial charge on any atom is -0.506 e. The van der Waals surface area contributed by atoms with Crippen molar-refractivity contribution in [2.45, 2.75) is 50.8 Å². The highest BCUT2D eigenvalue weighted by Crippen LogP contribution is 2.57. The first kappa shape index (κ1) is 23.6. The van der Waals surface area contributed by atoms with E-state index in [1.54, 1.807) is 24.3 Å². The molecule has 33 heavy (non-hydrogen) atoms. The van der Waals surface area contributed by atoms with Gasteiger partial charge >= 0.3 is 0 Å². The van der Waals surface area contributed by atoms with E-state index in [-0.39, 0.29) is 33.3 Å². The van der Waals surface area contributed by atoms with Gasteiger partial charge in [-0.15, -0.1) is 4.40 Å². The van der Waals surface area contributed by atoms with Crippen LogP contribution >= 0.6 is 22.6 Å². The number of benzene rings is 2. The van der Waals surface area contributed by atoms with Crippen molar-refractivity contribution in [2.24, 2.45) is 9.81 Å². The molecule has 2 aromatic rings. The number of carbonyl (C=O) groups excluding carboxylic acids is 1. The second kappa shape index (κ2) is 8.06. The molecule has 0 amide bonds. The van der Waals surface area contributed by atoms with Gasteiger partial charge in [0.05, 0.1) is 16.8 Å². The largest absolute Gasteiger partial charge is 0.506 e. The molecule has 1 aliphatic carbocycles. The Morgan fingerprint density at radius 3 is 2.55 bits per heavy atom. The lowest BCUT2D eigenvalue weighted by Crippen LogP contribution is -2.42. The molecule has 9 heteroatoms. The number of aliphatic hydroxyl groups is 1. The normalized spacial score (nSPS) is 22.6. The predicted octanol–water partition coefficient (Wildman–Crippen LogP) is 6.74. The lowest BCUT2D eigenvalue weighted by molar-refractivity contribution is -0.120. The fraction of sp³-hybridized carbons (Fsp3) is 0.333. The van der Waals surface area contributed by atoms with Crippen LogP contribution in [0.3, 0.4) is 0 Å². The predicted molar refractivity (Wildman–Crippen MR) is 135 cm³/mol. The molecular formula is C24H28ClN3O4S. The van der Waals surface area contributed by atoms with E-state index in [0.29, 0.717) is 23.4 Å². The Kier molecular flexibility index (Phi) is 5.77. The Morgan fingerprint density at radius 2 is 1.88 bits per heavy atom. The molecule has 5 N–H and O–H groups in total. The summed E-state index contributed by atoms with van der Waals surface area (Å²) in [5.74, 6) is -0.604. The van der Waals surface area contributed by atoms with Crippen molar-refractivity contribution in [3.63, 3.8) is 0 Å². The van der Waals surface area contributed by atoms with E-state index in [2.05, 4.69) is 35.3 Å². The zero-order valence-corrected chi connectivity index (χ0v) is 20.5. The lowest BCUT2D eigenvalue weighted by Gasteiger charge is -2.39. The smallest absolute Gasteiger partial charge is 0.180 e. The van der Waals surface area contributed by atoms with Crippen LogP contribution in [-0.4, -0.2) is 25.8 Å². The maximum Gasteiger partial charge on any atom is 0.180 e. The maximum absolute atomic E-state index is 13.9. The number of hydrogen-bond acceptors (Lipinski definition) is 7. The molecule has 0 radical (unpaired) electrons. The summed E-state index contributed by atoms with van der Waals surface area (Å²) in [5.41, 5.74) is 1.18. The molecule has 0 saturated carbocycles. The Balaban J connectivity index is 1.85. The van der Waals surface area contributed by atoms with Crippen molar-refractivity contribution in [1.29, 1.82) is 0 Å². The molecule has 4 rings (SSSR count). The number of anilines is 2. The van der Waals surface area contributed by atoms with Gasteiger partial charge in [0.1, 0.15) is 16.2 Å². The summed E-state index contributed by atoms with van der Waals surface area (Å²) in [6.45, 7) is 8.23. The van der Waals surface area contributed by atoms with Gasteiger partial charge in [-0.1, -0.05) is 55.8 Å². The Morgan fingerprint density at radius 1 is 1.18 bits per heavy atom. The van der Waals surface area contributed by atoms with Crippen LogP contribution in [0.4, 0.5) is 11.4 Å². The van der Waals surface area contributed by atoms with Gasteiger partial charge in [-0.25, -0.2) is 0 Å². The number of halogens is 1. The van der Waals surface area contributed by atoms with Gasteiger partial charge < -0.3 is 10.4 Å². The summed E-state index contributed by atoms with van der Waals surface area (Å²) in [6, 6.07) is 12.0. The minimum absolute atomic E-state index is 0.00477. The number of amidine groups is 1. The second-order valence-electron chi connectivity index (χ2n) is 9.88. The number of carbonyl (C=O) groups is 1. The molecule has 0 spiro atoms. The number of aliphatic hydroxyl groups excluding tert-OH is 1. The highest BCUT2D eigenvalue weighted by molar-refractivity contribution is 8.23. The van der Waals surface area contributed by atoms with Crippen molar-refractivity contribution in [3.8, 4) is 0 Å². The monoisotopic (exact) mass is 489 g/mol. The highest BCUT2D eigenvalue weighted by atomic mass is 35.5. The lowest BCUT2D eigenvalue weighted by atomic mass is 9.65. The molecule has 0 fully saturated rings. The molecule has 176 valence electrons. The summed E-state index contributed by atoms with van der Waals surface area (Å²) in [5, 5.41) is 14.2. The molecule has 0 bridgehead atoms. The summed E-state index contributed by atoms with van der Waals surface area (Å²) in [7, 11) is -3.64. The molecule has 1 heterocycles. The quantitative estimate of drug-likeness (QED) is 0.304. The summed E-state index contributed by atoms with van der Waals surface area (Å²) < 4.78 is 25.7. The van der Waals surface area contributed by atoms with Crippen LogP contribution in [0, 0.1) is 5.41 Å². The Labute approximate surface area is 200 Å². The van der Waals surface area contributed by atoms with Crippen LogP contribution < -0.4 is 10.2 Å². The molecule has 2 aromatic carbocycles. The average molecular weight is 490 g/mol. The van der Waals surface area contributed by atoms with Gasteiger partial charge in [0, 0.05) is 17.3 Å². The molecule has 1 aliphatic heterocycles. The molecule has 7 nitrogen and oxygen atoms in total. The van der Waals surface area contributed by atoms with E-state index in [0.717, 1.165) is 12.0 Å². The van der Waals surface area contributed by atoms with Crippen molar-refractivity contribution in [3.05, 3.63) is 59.2 Å². The van der Waals surface area contributed by atoms with Gasteiger partial charge in [-0.3, -0.25) is 18.7 Å². The molecule has 1 atom stereocenters. The van der Waals surface area contributed by atoms with Gasteiger partial charge in [-0.2, -0.15) is 0 Å². The topological polar surface area (TPSA) is 114 Å². The van der Waals surface area contributed by atoms with E-state index < -0.39 is 16.2 Å². The van der Waals surface area contributed by atoms with Gasteiger partial charge in [0.15, 0.2) is 11.6 Å². The van der Waals surface area contributed by atoms with E-state index >= 15 is 0 Å². The SMILES string of the molecule is CC(C)(C)CCC1(C)C(=O)C(C2=NS(O)(O)c3cc(NCl)ccc3N2)=C(O)c2ccccc21. The molecule has 0 saturated heterocycles. The number of nitrogens with one attached hydrogen (secondary N) is 2. The molecule has 1 unspecified atom stereocenters. The second-order valence-corrected chi connectivity index (χ2v) is 11.7. The number of ketones is 1. The third kappa shape index (κ3) is 4.12. The molecule has 2 aliphatic rings. The Hall–Kier alpha value is -2.52. The van der Waals surface area contributed by atoms with E-state index in [9.17, 15) is 19.0 Å². The first-order valence-corrected chi connectivity index (χ1v) is 12.5. The van der Waals surface area contributed by atoms with Gasteiger partial charge in [0.2, 0.25) is 0 Å². The fourth-order valence-electron chi connectivity index (χ4n) is 4.25. The first-order chi connectivity index (χ1) is 15.4. The first-order valence-electron chi connectivity index (χ1n) is 10.6. The van der Waals surface area contributed by atoms with Crippen molar-refractivity contribution in [1.82, 2.24) is 0 Å². The van der Waals surface area contributed by atoms with Crippen LogP contribution in [0.2, 0.25) is 0 Å². The van der Waals surface area contributed by atoms with Gasteiger partial charge in [0.25, 0.3) is 0 Å². The third-order valence-electron chi connectivity index (χ3n) is 6.21. The number of rotatable bonds is 4. The van der Waals surface area contributed by atoms with E-state index in [1.165, 1.54) is 6.07 Å². The van der Waals surface area contributed by atoms with Crippen molar-refractivity contribution in [2.75, 3.05) is 10.2 Å². The highest BCUT2D eigenvalue weighted by Gasteiger charge is 2.46. The van der Waals surface area contributed by atoms with Crippen LogP contribution in [-0.2, 0) is 10.2 Å². The number of fused-ring (bicyclic) bond motifs is 2. The Bertz CT molecular complexity index is 1200. The van der Waals surface area contributed by atoms with Gasteiger partial charge in [-0.05, 0) is 48.9 Å². The zero-order valence-electron chi connectivity index (χ0n) is 18.9. The standard InChI is InChI=1S/C24H28ClN3O4S/c1-23(2,3)11-12-24(4)16-8-6-5-7-15(16)20(29)19(21(24)30)22-26-17-10-9-14(27-25)13-18(17)33(31,32)28-22/h5-10,13,27,29,31-32H,11-12H2,1-4H3,(H,26,28). The van der Waals surface area contributed by atoms with Crippen LogP contribution in [0.1, 0.15) is 51.7 Å². The number of hydrogen-bond donors (Lipinski definition) is 5. The molecular weight excluding hydrogens is 462 g/mol. The van der Waals surface area contributed by atoms with Crippen LogP contribution in [0.5, 0.6) is 0 Å². The summed E-state index contributed by atoms with van der Waals surface area (Å²) in [4.78, 5) is 16.5. The van der Waals surface area contributed by atoms with Crippen molar-refractivity contribution < 1.29 is 19.0 Å². The van der Waals surface area contributed by atoms with E-state index in [4.69, 9.17) is 11.8 Å². The average Bonchev–Trinajstić information content (AvgIpc) is 2.75.